The molecule has 2 rings (SSSR count). The molecule has 1 heterocycles. The maximum absolute atomic E-state index is 11.1. The largest absolute Gasteiger partial charge is 0.453 e. The first-order valence-corrected chi connectivity index (χ1v) is 6.38. The van der Waals surface area contributed by atoms with Gasteiger partial charge in [0.1, 0.15) is 0 Å². The Morgan fingerprint density at radius 1 is 1.47 bits per heavy atom. The van der Waals surface area contributed by atoms with Crippen molar-refractivity contribution in [3.63, 3.8) is 0 Å². The van der Waals surface area contributed by atoms with E-state index >= 15 is 0 Å². The highest BCUT2D eigenvalue weighted by molar-refractivity contribution is 7.17. The zero-order valence-electron chi connectivity index (χ0n) is 9.90. The molecule has 0 fully saturated rings. The molecule has 0 saturated carbocycles. The maximum atomic E-state index is 11.1. The minimum atomic E-state index is -0.378. The van der Waals surface area contributed by atoms with Crippen LogP contribution >= 0.6 is 11.3 Å². The average molecular weight is 249 g/mol. The van der Waals surface area contributed by atoms with Crippen LogP contribution in [0.2, 0.25) is 0 Å². The summed E-state index contributed by atoms with van der Waals surface area (Å²) in [5.41, 5.74) is 1.27. The number of hydrogen-bond donors (Lipinski definition) is 1. The molecule has 2 aromatic rings. The Bertz CT molecular complexity index is 521. The lowest BCUT2D eigenvalue weighted by Gasteiger charge is -2.12. The molecule has 0 aliphatic heterocycles. The van der Waals surface area contributed by atoms with E-state index in [1.807, 2.05) is 19.1 Å². The molecule has 0 bridgehead atoms. The fourth-order valence-electron chi connectivity index (χ4n) is 1.83. The normalized spacial score (nSPS) is 12.4. The van der Waals surface area contributed by atoms with Crippen molar-refractivity contribution in [3.05, 3.63) is 35.2 Å². The second-order valence-electron chi connectivity index (χ2n) is 4.00. The Balaban J connectivity index is 2.10. The van der Waals surface area contributed by atoms with Crippen LogP contribution < -0.4 is 5.32 Å². The van der Waals surface area contributed by atoms with E-state index in [0.29, 0.717) is 0 Å². The topological polar surface area (TPSA) is 38.3 Å². The van der Waals surface area contributed by atoms with Crippen LogP contribution in [0.1, 0.15) is 12.5 Å². The zero-order valence-corrected chi connectivity index (χ0v) is 10.7. The minimum absolute atomic E-state index is 0.0699. The van der Waals surface area contributed by atoms with Gasteiger partial charge in [-0.3, -0.25) is 0 Å². The van der Waals surface area contributed by atoms with Crippen LogP contribution in [0.5, 0.6) is 0 Å². The first-order valence-electron chi connectivity index (χ1n) is 5.50. The number of benzene rings is 1. The smallest absolute Gasteiger partial charge is 0.407 e. The van der Waals surface area contributed by atoms with E-state index in [-0.39, 0.29) is 12.1 Å². The van der Waals surface area contributed by atoms with E-state index in [1.165, 1.54) is 22.8 Å². The second kappa shape index (κ2) is 5.19. The number of thiophene rings is 1. The number of nitrogens with one attached hydrogen (secondary N) is 1. The fraction of sp³-hybridized carbons (Fsp3) is 0.308. The van der Waals surface area contributed by atoms with Crippen molar-refractivity contribution in [3.8, 4) is 0 Å². The van der Waals surface area contributed by atoms with Crippen molar-refractivity contribution < 1.29 is 9.53 Å². The van der Waals surface area contributed by atoms with Gasteiger partial charge in [-0.2, -0.15) is 0 Å². The molecule has 1 N–H and O–H groups in total. The molecule has 17 heavy (non-hydrogen) atoms. The molecule has 3 nitrogen and oxygen atoms in total. The van der Waals surface area contributed by atoms with Gasteiger partial charge in [0.25, 0.3) is 0 Å². The van der Waals surface area contributed by atoms with Crippen LogP contribution in [0.3, 0.4) is 0 Å². The molecule has 0 aliphatic carbocycles. The number of ether oxygens (including phenoxy) is 1. The van der Waals surface area contributed by atoms with E-state index < -0.39 is 0 Å². The molecule has 1 atom stereocenters. The summed E-state index contributed by atoms with van der Waals surface area (Å²) < 4.78 is 5.87. The second-order valence-corrected chi connectivity index (χ2v) is 4.91. The summed E-state index contributed by atoms with van der Waals surface area (Å²) in [6.07, 6.45) is 0.441. The third-order valence-electron chi connectivity index (χ3n) is 2.64. The number of hydrogen-bond acceptors (Lipinski definition) is 3. The molecule has 90 valence electrons. The summed E-state index contributed by atoms with van der Waals surface area (Å²) in [6, 6.07) is 8.38. The van der Waals surface area contributed by atoms with Gasteiger partial charge in [-0.15, -0.1) is 11.3 Å². The number of alkyl carbamates (subject to hydrolysis) is 1. The molecule has 4 heteroatoms. The SMILES string of the molecule is COC(=O)NC(C)Cc1csc2ccccc12. The predicted octanol–water partition coefficient (Wildman–Crippen LogP) is 3.19. The number of fused-ring (bicyclic) bond motifs is 1. The summed E-state index contributed by atoms with van der Waals surface area (Å²) in [5, 5.41) is 6.20. The van der Waals surface area contributed by atoms with Crippen LogP contribution in [0.15, 0.2) is 29.6 Å². The Hall–Kier alpha value is -1.55. The van der Waals surface area contributed by atoms with Crippen LogP contribution in [0.25, 0.3) is 10.1 Å². The predicted molar refractivity (Wildman–Crippen MR) is 70.5 cm³/mol. The summed E-state index contributed by atoms with van der Waals surface area (Å²) >= 11 is 1.74. The molecule has 1 unspecified atom stereocenters. The van der Waals surface area contributed by atoms with Crippen molar-refractivity contribution in [2.45, 2.75) is 19.4 Å². The summed E-state index contributed by atoms with van der Waals surface area (Å²) in [4.78, 5) is 11.1. The van der Waals surface area contributed by atoms with E-state index in [9.17, 15) is 4.79 Å². The molecule has 1 amide bonds. The molecule has 0 saturated heterocycles. The van der Waals surface area contributed by atoms with Crippen molar-refractivity contribution in [1.82, 2.24) is 5.32 Å². The number of carbonyl (C=O) groups excluding carboxylic acids is 1. The van der Waals surface area contributed by atoms with Gasteiger partial charge < -0.3 is 10.1 Å². The molecule has 0 radical (unpaired) electrons. The van der Waals surface area contributed by atoms with Gasteiger partial charge >= 0.3 is 6.09 Å². The third-order valence-corrected chi connectivity index (χ3v) is 3.65. The van der Waals surface area contributed by atoms with Gasteiger partial charge in [0.05, 0.1) is 7.11 Å². The van der Waals surface area contributed by atoms with Crippen molar-refractivity contribution in [2.75, 3.05) is 7.11 Å². The van der Waals surface area contributed by atoms with E-state index in [0.717, 1.165) is 6.42 Å². The minimum Gasteiger partial charge on any atom is -0.453 e. The highest BCUT2D eigenvalue weighted by Gasteiger charge is 2.10. The maximum Gasteiger partial charge on any atom is 0.407 e. The lowest BCUT2D eigenvalue weighted by molar-refractivity contribution is 0.167. The third kappa shape index (κ3) is 2.77. The number of amides is 1. The van der Waals surface area contributed by atoms with E-state index in [2.05, 4.69) is 27.6 Å². The van der Waals surface area contributed by atoms with Gasteiger partial charge in [-0.25, -0.2) is 4.79 Å². The summed E-state index contributed by atoms with van der Waals surface area (Å²) in [7, 11) is 1.38. The summed E-state index contributed by atoms with van der Waals surface area (Å²) in [6.45, 7) is 1.98. The van der Waals surface area contributed by atoms with Crippen LogP contribution in [-0.4, -0.2) is 19.2 Å². The Morgan fingerprint density at radius 2 is 2.24 bits per heavy atom. The Labute approximate surface area is 104 Å². The van der Waals surface area contributed by atoms with Gasteiger partial charge in [0, 0.05) is 10.7 Å². The van der Waals surface area contributed by atoms with Gasteiger partial charge in [0.15, 0.2) is 0 Å². The molecule has 0 spiro atoms. The Morgan fingerprint density at radius 3 is 3.00 bits per heavy atom. The lowest BCUT2D eigenvalue weighted by atomic mass is 10.1. The van der Waals surface area contributed by atoms with Crippen LogP contribution in [-0.2, 0) is 11.2 Å². The zero-order chi connectivity index (χ0) is 12.3. The van der Waals surface area contributed by atoms with Crippen molar-refractivity contribution >= 4 is 27.5 Å². The monoisotopic (exact) mass is 249 g/mol. The first-order chi connectivity index (χ1) is 8.20. The number of methoxy groups -OCH3 is 1. The van der Waals surface area contributed by atoms with Gasteiger partial charge in [-0.1, -0.05) is 18.2 Å². The van der Waals surface area contributed by atoms with E-state index in [4.69, 9.17) is 0 Å². The van der Waals surface area contributed by atoms with Crippen LogP contribution in [0.4, 0.5) is 4.79 Å². The quantitative estimate of drug-likeness (QED) is 0.907. The highest BCUT2D eigenvalue weighted by Crippen LogP contribution is 2.26. The van der Waals surface area contributed by atoms with Gasteiger partial charge in [-0.05, 0) is 35.7 Å². The first kappa shape index (κ1) is 11.9. The van der Waals surface area contributed by atoms with E-state index in [1.54, 1.807) is 11.3 Å². The average Bonchev–Trinajstić information content (AvgIpc) is 2.72. The molecule has 1 aromatic carbocycles. The van der Waals surface area contributed by atoms with Crippen molar-refractivity contribution in [2.24, 2.45) is 0 Å². The molecule has 1 aromatic heterocycles. The summed E-state index contributed by atoms with van der Waals surface area (Å²) in [5.74, 6) is 0. The fourth-order valence-corrected chi connectivity index (χ4v) is 2.81. The van der Waals surface area contributed by atoms with Crippen molar-refractivity contribution in [1.29, 1.82) is 0 Å². The number of carbonyl (C=O) groups is 1. The Kier molecular flexibility index (Phi) is 3.64. The highest BCUT2D eigenvalue weighted by atomic mass is 32.1. The molecular formula is C13H15NO2S. The number of rotatable bonds is 3. The van der Waals surface area contributed by atoms with Gasteiger partial charge in [0.2, 0.25) is 0 Å². The molecular weight excluding hydrogens is 234 g/mol. The molecule has 0 aliphatic rings. The van der Waals surface area contributed by atoms with Crippen LogP contribution in [0, 0.1) is 0 Å². The lowest BCUT2D eigenvalue weighted by Crippen LogP contribution is -2.33. The standard InChI is InChI=1S/C13H15NO2S/c1-9(14-13(15)16-2)7-10-8-17-12-6-4-3-5-11(10)12/h3-6,8-9H,7H2,1-2H3,(H,14,15).